The van der Waals surface area contributed by atoms with E-state index in [0.717, 1.165) is 60.9 Å². The van der Waals surface area contributed by atoms with E-state index in [9.17, 15) is 0 Å². The predicted molar refractivity (Wildman–Crippen MR) is 222 cm³/mol. The summed E-state index contributed by atoms with van der Waals surface area (Å²) in [6.45, 7) is 0. The number of furan rings is 2. The second-order valence-electron chi connectivity index (χ2n) is 13.7. The van der Waals surface area contributed by atoms with Gasteiger partial charge in [0.05, 0.1) is 11.1 Å². The summed E-state index contributed by atoms with van der Waals surface area (Å²) in [4.78, 5) is 2.31. The molecule has 0 aliphatic heterocycles. The first-order chi connectivity index (χ1) is 26.2. The molecule has 248 valence electrons. The Morgan fingerprint density at radius 2 is 0.849 bits per heavy atom. The molecule has 11 aromatic rings. The van der Waals surface area contributed by atoms with Crippen LogP contribution in [0.3, 0.4) is 0 Å². The van der Waals surface area contributed by atoms with Gasteiger partial charge in [-0.15, -0.1) is 0 Å². The summed E-state index contributed by atoms with van der Waals surface area (Å²) >= 11 is 0. The van der Waals surface area contributed by atoms with E-state index < -0.39 is 0 Å². The van der Waals surface area contributed by atoms with Gasteiger partial charge in [-0.2, -0.15) is 0 Å². The fraction of sp³-hybridized carbons (Fsp3) is 0. The minimum absolute atomic E-state index is 0.824. The number of hydrogen-bond acceptors (Lipinski definition) is 3. The fourth-order valence-corrected chi connectivity index (χ4v) is 8.00. The van der Waals surface area contributed by atoms with E-state index in [-0.39, 0.29) is 0 Å². The lowest BCUT2D eigenvalue weighted by molar-refractivity contribution is 0.663. The van der Waals surface area contributed by atoms with E-state index in [0.29, 0.717) is 0 Å². The van der Waals surface area contributed by atoms with Crippen LogP contribution >= 0.6 is 0 Å². The van der Waals surface area contributed by atoms with E-state index in [2.05, 4.69) is 181 Å². The second kappa shape index (κ2) is 11.7. The van der Waals surface area contributed by atoms with Gasteiger partial charge in [0.25, 0.3) is 0 Å². The monoisotopic (exact) mass is 677 g/mol. The molecule has 2 heterocycles. The molecule has 11 rings (SSSR count). The van der Waals surface area contributed by atoms with Crippen LogP contribution in [-0.4, -0.2) is 0 Å². The number of fused-ring (bicyclic) bond motifs is 9. The maximum atomic E-state index is 6.95. The molecular weight excluding hydrogens is 647 g/mol. The Morgan fingerprint density at radius 1 is 0.321 bits per heavy atom. The lowest BCUT2D eigenvalue weighted by Gasteiger charge is -2.26. The van der Waals surface area contributed by atoms with Crippen molar-refractivity contribution in [2.24, 2.45) is 0 Å². The first-order valence-electron chi connectivity index (χ1n) is 18.0. The number of nitrogens with zero attached hydrogens (tertiary/aromatic N) is 1. The Morgan fingerprint density at radius 3 is 1.49 bits per heavy atom. The molecule has 0 N–H and O–H groups in total. The van der Waals surface area contributed by atoms with Crippen LogP contribution in [0.5, 0.6) is 0 Å². The molecule has 0 fully saturated rings. The molecule has 0 bridgehead atoms. The highest BCUT2D eigenvalue weighted by molar-refractivity contribution is 6.23. The van der Waals surface area contributed by atoms with Gasteiger partial charge < -0.3 is 13.7 Å². The number of anilines is 3. The van der Waals surface area contributed by atoms with Crippen LogP contribution in [-0.2, 0) is 0 Å². The van der Waals surface area contributed by atoms with Crippen molar-refractivity contribution in [3.8, 4) is 22.3 Å². The molecule has 0 aliphatic carbocycles. The van der Waals surface area contributed by atoms with Crippen molar-refractivity contribution < 1.29 is 8.83 Å². The first kappa shape index (κ1) is 29.6. The number of benzene rings is 9. The summed E-state index contributed by atoms with van der Waals surface area (Å²) in [5, 5.41) is 9.15. The quantitative estimate of drug-likeness (QED) is 0.182. The molecule has 0 amide bonds. The smallest absolute Gasteiger partial charge is 0.159 e. The van der Waals surface area contributed by atoms with Crippen molar-refractivity contribution in [3.05, 3.63) is 188 Å². The van der Waals surface area contributed by atoms with Crippen molar-refractivity contribution in [3.63, 3.8) is 0 Å². The second-order valence-corrected chi connectivity index (χ2v) is 13.7. The van der Waals surface area contributed by atoms with E-state index in [1.54, 1.807) is 0 Å². The largest absolute Gasteiger partial charge is 0.456 e. The Balaban J connectivity index is 1.08. The van der Waals surface area contributed by atoms with Crippen LogP contribution in [0.4, 0.5) is 17.1 Å². The van der Waals surface area contributed by atoms with Gasteiger partial charge in [0, 0.05) is 27.5 Å². The Hall–Kier alpha value is -7.10. The summed E-state index contributed by atoms with van der Waals surface area (Å²) in [5.41, 5.74) is 11.1. The molecule has 3 heteroatoms. The van der Waals surface area contributed by atoms with Gasteiger partial charge in [0.15, 0.2) is 5.58 Å². The molecule has 0 spiro atoms. The van der Waals surface area contributed by atoms with Crippen molar-refractivity contribution >= 4 is 82.5 Å². The molecule has 53 heavy (non-hydrogen) atoms. The SMILES string of the molecule is c1ccc2cc(-c3ccc(N(c4ccc(-c5ccc6ccccc6c5)cc4)c4cccc5c4oc4c5ccc5oc6ccccc6c54)cc3)ccc2c1. The molecule has 0 unspecified atom stereocenters. The van der Waals surface area contributed by atoms with Crippen LogP contribution in [0.1, 0.15) is 0 Å². The zero-order valence-electron chi connectivity index (χ0n) is 28.7. The summed E-state index contributed by atoms with van der Waals surface area (Å²) in [6, 6.07) is 66.9. The van der Waals surface area contributed by atoms with E-state index in [4.69, 9.17) is 8.83 Å². The summed E-state index contributed by atoms with van der Waals surface area (Å²) in [7, 11) is 0. The van der Waals surface area contributed by atoms with Gasteiger partial charge in [-0.1, -0.05) is 127 Å². The zero-order chi connectivity index (χ0) is 34.9. The normalized spacial score (nSPS) is 11.8. The van der Waals surface area contributed by atoms with Crippen LogP contribution in [0.25, 0.3) is 87.7 Å². The predicted octanol–water partition coefficient (Wildman–Crippen LogP) is 14.6. The number of hydrogen-bond donors (Lipinski definition) is 0. The minimum atomic E-state index is 0.824. The van der Waals surface area contributed by atoms with Crippen LogP contribution < -0.4 is 4.90 Å². The zero-order valence-corrected chi connectivity index (χ0v) is 28.7. The third-order valence-corrected chi connectivity index (χ3v) is 10.6. The molecule has 9 aromatic carbocycles. The van der Waals surface area contributed by atoms with Crippen LogP contribution in [0.15, 0.2) is 197 Å². The van der Waals surface area contributed by atoms with E-state index >= 15 is 0 Å². The molecule has 0 atom stereocenters. The number of rotatable bonds is 5. The molecule has 0 radical (unpaired) electrons. The Kier molecular flexibility index (Phi) is 6.55. The topological polar surface area (TPSA) is 29.5 Å². The molecule has 0 saturated heterocycles. The third kappa shape index (κ3) is 4.82. The lowest BCUT2D eigenvalue weighted by Crippen LogP contribution is -2.10. The lowest BCUT2D eigenvalue weighted by atomic mass is 10.00. The van der Waals surface area contributed by atoms with Crippen LogP contribution in [0.2, 0.25) is 0 Å². The Labute approximate surface area is 305 Å². The minimum Gasteiger partial charge on any atom is -0.456 e. The number of para-hydroxylation sites is 2. The third-order valence-electron chi connectivity index (χ3n) is 10.6. The van der Waals surface area contributed by atoms with Crippen molar-refractivity contribution in [2.45, 2.75) is 0 Å². The standard InChI is InChI=1S/C50H31NO2/c1-3-10-36-30-38(18-16-32(36)8-1)34-20-24-40(25-21-34)51(41-26-22-35(23-27-41)39-19-17-33-9-2-4-11-37(33)31-39)45-14-7-13-42-43-28-29-47-48(50(43)53-49(42)45)44-12-5-6-15-46(44)52-47/h1-31H. The first-order valence-corrected chi connectivity index (χ1v) is 18.0. The van der Waals surface area contributed by atoms with Gasteiger partial charge in [-0.3, -0.25) is 0 Å². The Bertz CT molecular complexity index is 3040. The van der Waals surface area contributed by atoms with Crippen molar-refractivity contribution in [1.82, 2.24) is 0 Å². The summed E-state index contributed by atoms with van der Waals surface area (Å²) in [6.07, 6.45) is 0. The average Bonchev–Trinajstić information content (AvgIpc) is 3.80. The van der Waals surface area contributed by atoms with Gasteiger partial charge in [0.2, 0.25) is 0 Å². The van der Waals surface area contributed by atoms with E-state index in [1.807, 2.05) is 12.1 Å². The van der Waals surface area contributed by atoms with Gasteiger partial charge in [0.1, 0.15) is 16.7 Å². The molecular formula is C50H31NO2. The van der Waals surface area contributed by atoms with Crippen molar-refractivity contribution in [2.75, 3.05) is 4.90 Å². The van der Waals surface area contributed by atoms with Gasteiger partial charge in [-0.05, 0) is 104 Å². The molecule has 0 saturated carbocycles. The highest BCUT2D eigenvalue weighted by Crippen LogP contribution is 2.45. The highest BCUT2D eigenvalue weighted by Gasteiger charge is 2.22. The average molecular weight is 678 g/mol. The summed E-state index contributed by atoms with van der Waals surface area (Å²) in [5.74, 6) is 0. The fourth-order valence-electron chi connectivity index (χ4n) is 8.00. The van der Waals surface area contributed by atoms with Gasteiger partial charge in [-0.25, -0.2) is 0 Å². The van der Waals surface area contributed by atoms with E-state index in [1.165, 1.54) is 43.8 Å². The maximum Gasteiger partial charge on any atom is 0.159 e. The van der Waals surface area contributed by atoms with Crippen molar-refractivity contribution in [1.29, 1.82) is 0 Å². The van der Waals surface area contributed by atoms with Crippen LogP contribution in [0, 0.1) is 0 Å². The molecule has 0 aliphatic rings. The molecule has 3 nitrogen and oxygen atoms in total. The maximum absolute atomic E-state index is 6.95. The summed E-state index contributed by atoms with van der Waals surface area (Å²) < 4.78 is 13.2. The van der Waals surface area contributed by atoms with Gasteiger partial charge >= 0.3 is 0 Å². The highest BCUT2D eigenvalue weighted by atomic mass is 16.3. The molecule has 2 aromatic heterocycles.